The summed E-state index contributed by atoms with van der Waals surface area (Å²) in [6, 6.07) is 33.7. The largest absolute Gasteiger partial charge is 0.494 e. The summed E-state index contributed by atoms with van der Waals surface area (Å²) in [4.78, 5) is 27.4. The summed E-state index contributed by atoms with van der Waals surface area (Å²) in [5.41, 5.74) is 34.8. The van der Waals surface area contributed by atoms with Crippen molar-refractivity contribution in [3.8, 4) is 22.9 Å². The summed E-state index contributed by atoms with van der Waals surface area (Å²) in [6.45, 7) is 7.33. The summed E-state index contributed by atoms with van der Waals surface area (Å²) in [6.07, 6.45) is 6.50. The van der Waals surface area contributed by atoms with Gasteiger partial charge in [-0.3, -0.25) is 15.7 Å². The van der Waals surface area contributed by atoms with Crippen LogP contribution < -0.4 is 37.7 Å². The topological polar surface area (TPSA) is 247 Å². The third-order valence-corrected chi connectivity index (χ3v) is 12.8. The molecule has 70 heavy (non-hydrogen) atoms. The maximum Gasteiger partial charge on any atom is 0.138 e. The molecule has 3 aromatic heterocycles. The van der Waals surface area contributed by atoms with E-state index >= 15 is 0 Å². The smallest absolute Gasteiger partial charge is 0.138 e. The molecule has 0 aliphatic carbocycles. The lowest BCUT2D eigenvalue weighted by Gasteiger charge is -2.18. The quantitative estimate of drug-likeness (QED) is 0.0140. The third-order valence-electron chi connectivity index (χ3n) is 12.8. The van der Waals surface area contributed by atoms with Crippen LogP contribution in [0.3, 0.4) is 0 Å². The van der Waals surface area contributed by atoms with E-state index in [1.165, 1.54) is 0 Å². The number of nitrogens with two attached hydrogens (primary N) is 4. The zero-order valence-electron chi connectivity index (χ0n) is 40.9. The van der Waals surface area contributed by atoms with E-state index < -0.39 is 6.17 Å². The summed E-state index contributed by atoms with van der Waals surface area (Å²) < 4.78 is 16.3. The molecule has 16 heteroatoms. The first-order chi connectivity index (χ1) is 33.8. The molecule has 5 aromatic carbocycles. The monoisotopic (exact) mass is 943 g/mol. The highest BCUT2D eigenvalue weighted by atomic mass is 16.5. The molecule has 0 saturated carbocycles. The van der Waals surface area contributed by atoms with Gasteiger partial charge in [0.05, 0.1) is 52.5 Å². The predicted molar refractivity (Wildman–Crippen MR) is 283 cm³/mol. The fourth-order valence-corrected chi connectivity index (χ4v) is 8.49. The summed E-state index contributed by atoms with van der Waals surface area (Å²) >= 11 is 0. The Balaban J connectivity index is 0.791. The molecule has 0 fully saturated rings. The van der Waals surface area contributed by atoms with Gasteiger partial charge in [0.2, 0.25) is 0 Å². The zero-order chi connectivity index (χ0) is 49.3. The predicted octanol–water partition coefficient (Wildman–Crippen LogP) is 8.28. The second-order valence-corrected chi connectivity index (χ2v) is 18.0. The SMILES string of the molecule is CCC(C)N=C(N)c1ccc(OCCCCCOc2cccc(-c3nc4ccc(C(N)NC(C)N=C(N)c5ccc6c(c5)nc(CCCCc5nc7cc(C(=N)N)ccc7n5C)n6C)cc4[nH]3)c2)cc1. The van der Waals surface area contributed by atoms with Gasteiger partial charge in [0.15, 0.2) is 0 Å². The number of hydrogen-bond donors (Lipinski definition) is 7. The number of aromatic amines is 1. The second kappa shape index (κ2) is 22.2. The molecule has 8 aromatic rings. The molecule has 0 saturated heterocycles. The first kappa shape index (κ1) is 48.9. The van der Waals surface area contributed by atoms with Crippen molar-refractivity contribution in [1.82, 2.24) is 34.4 Å². The van der Waals surface area contributed by atoms with Crippen LogP contribution >= 0.6 is 0 Å². The number of aliphatic imine (C=N–C) groups is 2. The average molecular weight is 943 g/mol. The maximum atomic E-state index is 7.75. The van der Waals surface area contributed by atoms with Crippen molar-refractivity contribution >= 4 is 50.6 Å². The number of rotatable bonds is 23. The van der Waals surface area contributed by atoms with Crippen LogP contribution in [0.25, 0.3) is 44.5 Å². The minimum atomic E-state index is -0.506. The number of fused-ring (bicyclic) bond motifs is 3. The van der Waals surface area contributed by atoms with Crippen molar-refractivity contribution < 1.29 is 9.47 Å². The number of benzene rings is 5. The van der Waals surface area contributed by atoms with Gasteiger partial charge in [-0.2, -0.15) is 0 Å². The molecule has 0 amide bonds. The minimum Gasteiger partial charge on any atom is -0.494 e. The van der Waals surface area contributed by atoms with Crippen LogP contribution in [0.1, 0.15) is 99.4 Å². The van der Waals surface area contributed by atoms with Crippen LogP contribution in [-0.4, -0.2) is 72.0 Å². The number of aryl methyl sites for hydroxylation is 4. The first-order valence-corrected chi connectivity index (χ1v) is 24.2. The van der Waals surface area contributed by atoms with Gasteiger partial charge in [-0.15, -0.1) is 0 Å². The number of nitrogens with one attached hydrogen (secondary N) is 3. The Morgan fingerprint density at radius 2 is 1.29 bits per heavy atom. The Morgan fingerprint density at radius 1 is 0.671 bits per heavy atom. The van der Waals surface area contributed by atoms with E-state index in [1.807, 2.05) is 117 Å². The molecule has 0 aliphatic heterocycles. The van der Waals surface area contributed by atoms with E-state index in [-0.39, 0.29) is 18.0 Å². The van der Waals surface area contributed by atoms with Gasteiger partial charge in [-0.25, -0.2) is 19.9 Å². The molecule has 0 aliphatic rings. The highest BCUT2D eigenvalue weighted by Gasteiger charge is 2.16. The number of imidazole rings is 3. The van der Waals surface area contributed by atoms with E-state index in [0.29, 0.717) is 30.4 Å². The minimum absolute atomic E-state index is 0.0443. The van der Waals surface area contributed by atoms with Crippen LogP contribution in [-0.2, 0) is 26.9 Å². The molecule has 11 N–H and O–H groups in total. The molecule has 0 spiro atoms. The van der Waals surface area contributed by atoms with E-state index in [0.717, 1.165) is 136 Å². The first-order valence-electron chi connectivity index (χ1n) is 24.2. The van der Waals surface area contributed by atoms with Crippen LogP contribution in [0.5, 0.6) is 11.5 Å². The normalized spacial score (nSPS) is 13.6. The molecule has 364 valence electrons. The second-order valence-electron chi connectivity index (χ2n) is 18.0. The maximum absolute atomic E-state index is 7.75. The van der Waals surface area contributed by atoms with E-state index in [2.05, 4.69) is 45.3 Å². The lowest BCUT2D eigenvalue weighted by atomic mass is 10.1. The van der Waals surface area contributed by atoms with E-state index in [1.54, 1.807) is 0 Å². The lowest BCUT2D eigenvalue weighted by Crippen LogP contribution is -2.36. The summed E-state index contributed by atoms with van der Waals surface area (Å²) in [5.74, 6) is 5.39. The standard InChI is InChI=1S/C54H66N14O2/c1-6-33(2)60-51(57)35-17-22-40(23-18-35)69-27-10-7-11-28-70-41-14-12-13-39(29-41)54-65-42-24-19-37(31-43(42)66-54)52(58)61-34(3)62-53(59)38-21-26-47-45(32-38)64-49(68(47)5)16-9-8-15-48-63-44-30-36(50(55)56)20-25-46(44)67(48)4/h12-14,17-26,29-34,52,61H,6-11,15-16,27-28,58H2,1-5H3,(H3,55,56)(H2,57,60)(H2,59,62)(H,65,66). The van der Waals surface area contributed by atoms with Gasteiger partial charge in [0.1, 0.15) is 52.6 Å². The summed E-state index contributed by atoms with van der Waals surface area (Å²) in [5, 5.41) is 11.1. The van der Waals surface area contributed by atoms with Gasteiger partial charge in [-0.05, 0) is 143 Å². The highest BCUT2D eigenvalue weighted by molar-refractivity contribution is 6.00. The Labute approximate surface area is 409 Å². The highest BCUT2D eigenvalue weighted by Crippen LogP contribution is 2.27. The van der Waals surface area contributed by atoms with Crippen molar-refractivity contribution in [3.63, 3.8) is 0 Å². The van der Waals surface area contributed by atoms with Crippen molar-refractivity contribution in [2.45, 2.75) is 90.5 Å². The number of aromatic nitrogens is 6. The van der Waals surface area contributed by atoms with Gasteiger partial charge >= 0.3 is 0 Å². The summed E-state index contributed by atoms with van der Waals surface area (Å²) in [7, 11) is 4.08. The molecule has 0 radical (unpaired) electrons. The van der Waals surface area contributed by atoms with Gasteiger partial charge in [0.25, 0.3) is 0 Å². The lowest BCUT2D eigenvalue weighted by molar-refractivity contribution is 0.279. The number of unbranched alkanes of at least 4 members (excludes halogenated alkanes) is 3. The number of nitrogens with zero attached hydrogens (tertiary/aromatic N) is 7. The number of amidine groups is 3. The van der Waals surface area contributed by atoms with Crippen molar-refractivity contribution in [2.24, 2.45) is 47.0 Å². The molecule has 3 heterocycles. The molecular formula is C54H66N14O2. The number of hydrogen-bond acceptors (Lipinski definition) is 10. The number of H-pyrrole nitrogens is 1. The molecule has 3 unspecified atom stereocenters. The fraction of sp³-hybridized carbons (Fsp3) is 0.333. The van der Waals surface area contributed by atoms with E-state index in [9.17, 15) is 0 Å². The third kappa shape index (κ3) is 11.8. The fourth-order valence-electron chi connectivity index (χ4n) is 8.49. The molecular weight excluding hydrogens is 877 g/mol. The molecule has 3 atom stereocenters. The zero-order valence-corrected chi connectivity index (χ0v) is 40.9. The molecule has 0 bridgehead atoms. The average Bonchev–Trinajstić information content (AvgIpc) is 4.04. The Kier molecular flexibility index (Phi) is 15.5. The molecule has 8 rings (SSSR count). The van der Waals surface area contributed by atoms with Crippen LogP contribution in [0.4, 0.5) is 0 Å². The van der Waals surface area contributed by atoms with Crippen LogP contribution in [0, 0.1) is 5.41 Å². The Hall–Kier alpha value is -7.56. The van der Waals surface area contributed by atoms with Gasteiger partial charge in [0, 0.05) is 55.2 Å². The Bertz CT molecular complexity index is 3150. The van der Waals surface area contributed by atoms with Crippen molar-refractivity contribution in [2.75, 3.05) is 13.2 Å². The number of nitrogen functional groups attached to an aromatic ring is 1. The molecule has 16 nitrogen and oxygen atoms in total. The van der Waals surface area contributed by atoms with E-state index in [4.69, 9.17) is 57.8 Å². The van der Waals surface area contributed by atoms with Crippen molar-refractivity contribution in [1.29, 1.82) is 5.41 Å². The van der Waals surface area contributed by atoms with Crippen molar-refractivity contribution in [3.05, 3.63) is 137 Å². The Morgan fingerprint density at radius 3 is 1.94 bits per heavy atom. The van der Waals surface area contributed by atoms with Gasteiger partial charge < -0.3 is 46.5 Å². The number of ether oxygens (including phenoxy) is 2. The van der Waals surface area contributed by atoms with Crippen LogP contribution in [0.2, 0.25) is 0 Å². The van der Waals surface area contributed by atoms with Crippen LogP contribution in [0.15, 0.2) is 113 Å². The van der Waals surface area contributed by atoms with Gasteiger partial charge in [-0.1, -0.05) is 25.1 Å².